The van der Waals surface area contributed by atoms with Crippen molar-refractivity contribution in [2.24, 2.45) is 10.7 Å². The molecule has 0 radical (unpaired) electrons. The SMILES string of the molecule is NC1=NC(c2cccc(Br)c2)(c2cnn(CC(F)(F)F)c2)C(=O)N1. The van der Waals surface area contributed by atoms with E-state index in [0.717, 1.165) is 6.20 Å². The van der Waals surface area contributed by atoms with Gasteiger partial charge in [0.25, 0.3) is 5.91 Å². The normalized spacial score (nSPS) is 20.8. The van der Waals surface area contributed by atoms with E-state index in [1.165, 1.54) is 6.20 Å². The number of aromatic nitrogens is 2. The Kier molecular flexibility index (Phi) is 3.86. The molecule has 3 N–H and O–H groups in total. The molecule has 1 unspecified atom stereocenters. The van der Waals surface area contributed by atoms with Crippen LogP contribution >= 0.6 is 15.9 Å². The minimum absolute atomic E-state index is 0.108. The molecular weight excluding hydrogens is 391 g/mol. The molecule has 10 heteroatoms. The van der Waals surface area contributed by atoms with Gasteiger partial charge in [-0.05, 0) is 17.7 Å². The number of guanidine groups is 1. The van der Waals surface area contributed by atoms with E-state index >= 15 is 0 Å². The first-order valence-corrected chi connectivity index (χ1v) is 7.52. The summed E-state index contributed by atoms with van der Waals surface area (Å²) in [6.45, 7) is -1.26. The number of hydrogen-bond acceptors (Lipinski definition) is 4. The number of alkyl halides is 3. The lowest BCUT2D eigenvalue weighted by molar-refractivity contribution is -0.142. The molecule has 126 valence electrons. The van der Waals surface area contributed by atoms with Crippen molar-refractivity contribution in [3.8, 4) is 0 Å². The van der Waals surface area contributed by atoms with Gasteiger partial charge in [0.1, 0.15) is 6.54 Å². The molecule has 6 nitrogen and oxygen atoms in total. The molecule has 0 saturated carbocycles. The Morgan fingerprint density at radius 1 is 1.33 bits per heavy atom. The first-order valence-electron chi connectivity index (χ1n) is 6.73. The van der Waals surface area contributed by atoms with Crippen molar-refractivity contribution in [3.05, 3.63) is 52.3 Å². The maximum absolute atomic E-state index is 12.5. The van der Waals surface area contributed by atoms with Gasteiger partial charge >= 0.3 is 6.18 Å². The molecule has 1 atom stereocenters. The average molecular weight is 402 g/mol. The Balaban J connectivity index is 2.12. The van der Waals surface area contributed by atoms with Gasteiger partial charge in [0.15, 0.2) is 11.5 Å². The molecule has 1 aliphatic rings. The van der Waals surface area contributed by atoms with E-state index in [4.69, 9.17) is 5.73 Å². The zero-order chi connectivity index (χ0) is 17.5. The maximum atomic E-state index is 12.5. The quantitative estimate of drug-likeness (QED) is 0.823. The van der Waals surface area contributed by atoms with Crippen LogP contribution in [0.25, 0.3) is 0 Å². The number of amides is 1. The van der Waals surface area contributed by atoms with Gasteiger partial charge in [-0.1, -0.05) is 28.1 Å². The van der Waals surface area contributed by atoms with Gasteiger partial charge in [0.05, 0.1) is 6.20 Å². The van der Waals surface area contributed by atoms with E-state index < -0.39 is 24.2 Å². The molecule has 0 fully saturated rings. The summed E-state index contributed by atoms with van der Waals surface area (Å²) < 4.78 is 39.0. The van der Waals surface area contributed by atoms with Gasteiger partial charge < -0.3 is 5.73 Å². The largest absolute Gasteiger partial charge is 0.408 e. The molecule has 1 aromatic heterocycles. The zero-order valence-corrected chi connectivity index (χ0v) is 13.6. The Hall–Kier alpha value is -2.36. The third-order valence-electron chi connectivity index (χ3n) is 3.49. The van der Waals surface area contributed by atoms with Gasteiger partial charge in [-0.15, -0.1) is 0 Å². The van der Waals surface area contributed by atoms with Crippen LogP contribution in [0, 0.1) is 0 Å². The Morgan fingerprint density at radius 2 is 2.08 bits per heavy atom. The van der Waals surface area contributed by atoms with E-state index in [-0.39, 0.29) is 11.5 Å². The number of aliphatic imine (C=N–C) groups is 1. The van der Waals surface area contributed by atoms with E-state index in [1.807, 2.05) is 0 Å². The van der Waals surface area contributed by atoms with Crippen LogP contribution in [0.3, 0.4) is 0 Å². The van der Waals surface area contributed by atoms with E-state index in [1.54, 1.807) is 24.3 Å². The highest BCUT2D eigenvalue weighted by Crippen LogP contribution is 2.37. The smallest absolute Gasteiger partial charge is 0.370 e. The van der Waals surface area contributed by atoms with Crippen LogP contribution in [0.2, 0.25) is 0 Å². The molecule has 1 aliphatic heterocycles. The average Bonchev–Trinajstić information content (AvgIpc) is 3.02. The molecule has 0 saturated heterocycles. The fourth-order valence-corrected chi connectivity index (χ4v) is 2.96. The molecule has 1 amide bonds. The van der Waals surface area contributed by atoms with Crippen molar-refractivity contribution >= 4 is 27.8 Å². The molecule has 0 bridgehead atoms. The van der Waals surface area contributed by atoms with Crippen molar-refractivity contribution in [2.75, 3.05) is 0 Å². The lowest BCUT2D eigenvalue weighted by Crippen LogP contribution is -2.39. The van der Waals surface area contributed by atoms with Crippen LogP contribution < -0.4 is 11.1 Å². The number of rotatable bonds is 3. The first-order chi connectivity index (χ1) is 11.2. The lowest BCUT2D eigenvalue weighted by atomic mass is 9.85. The fraction of sp³-hybridized carbons (Fsp3) is 0.214. The molecule has 24 heavy (non-hydrogen) atoms. The first kappa shape index (κ1) is 16.5. The summed E-state index contributed by atoms with van der Waals surface area (Å²) in [6, 6.07) is 6.75. The molecule has 0 aliphatic carbocycles. The summed E-state index contributed by atoms with van der Waals surface area (Å²) >= 11 is 3.30. The highest BCUT2D eigenvalue weighted by molar-refractivity contribution is 9.10. The highest BCUT2D eigenvalue weighted by atomic mass is 79.9. The van der Waals surface area contributed by atoms with Crippen LogP contribution in [0.4, 0.5) is 13.2 Å². The number of benzene rings is 1. The second-order valence-electron chi connectivity index (χ2n) is 5.21. The van der Waals surface area contributed by atoms with Crippen molar-refractivity contribution in [1.82, 2.24) is 15.1 Å². The number of carbonyl (C=O) groups is 1. The number of nitrogens with two attached hydrogens (primary N) is 1. The summed E-state index contributed by atoms with van der Waals surface area (Å²) in [5.74, 6) is -0.659. The van der Waals surface area contributed by atoms with Gasteiger partial charge in [0, 0.05) is 16.2 Å². The van der Waals surface area contributed by atoms with Gasteiger partial charge in [-0.3, -0.25) is 14.8 Å². The van der Waals surface area contributed by atoms with Crippen LogP contribution in [-0.4, -0.2) is 27.8 Å². The predicted octanol–water partition coefficient (Wildman–Crippen LogP) is 1.90. The molecule has 1 aromatic carbocycles. The van der Waals surface area contributed by atoms with Crippen molar-refractivity contribution in [1.29, 1.82) is 0 Å². The Labute approximate surface area is 142 Å². The second kappa shape index (κ2) is 5.62. The summed E-state index contributed by atoms with van der Waals surface area (Å²) in [4.78, 5) is 16.7. The molecule has 0 spiro atoms. The minimum atomic E-state index is -4.42. The van der Waals surface area contributed by atoms with Crippen molar-refractivity contribution in [2.45, 2.75) is 18.3 Å². The number of halogens is 4. The molecule has 3 rings (SSSR count). The predicted molar refractivity (Wildman–Crippen MR) is 83.0 cm³/mol. The molecule has 2 heterocycles. The molecule has 2 aromatic rings. The third kappa shape index (κ3) is 2.88. The van der Waals surface area contributed by atoms with Crippen molar-refractivity contribution in [3.63, 3.8) is 0 Å². The summed E-state index contributed by atoms with van der Waals surface area (Å²) in [5.41, 5.74) is 4.71. The lowest BCUT2D eigenvalue weighted by Gasteiger charge is -2.22. The van der Waals surface area contributed by atoms with E-state index in [0.29, 0.717) is 14.7 Å². The Bertz CT molecular complexity index is 832. The van der Waals surface area contributed by atoms with Crippen LogP contribution in [0.15, 0.2) is 46.1 Å². The topological polar surface area (TPSA) is 85.3 Å². The van der Waals surface area contributed by atoms with E-state index in [9.17, 15) is 18.0 Å². The standard InChI is InChI=1S/C14H11BrF3N5O/c15-10-3-1-2-8(4-10)14(11(24)21-12(19)22-14)9-5-20-23(6-9)7-13(16,17)18/h1-6H,7H2,(H3,19,21,22,24). The third-order valence-corrected chi connectivity index (χ3v) is 3.99. The number of carbonyl (C=O) groups excluding carboxylic acids is 1. The second-order valence-corrected chi connectivity index (χ2v) is 6.13. The van der Waals surface area contributed by atoms with Crippen LogP contribution in [0.5, 0.6) is 0 Å². The number of nitrogens with one attached hydrogen (secondary N) is 1. The van der Waals surface area contributed by atoms with E-state index in [2.05, 4.69) is 31.3 Å². The van der Waals surface area contributed by atoms with Crippen LogP contribution in [0.1, 0.15) is 11.1 Å². The summed E-state index contributed by atoms with van der Waals surface area (Å²) in [5, 5.41) is 6.09. The van der Waals surface area contributed by atoms with Gasteiger partial charge in [-0.25, -0.2) is 4.99 Å². The zero-order valence-electron chi connectivity index (χ0n) is 12.0. The minimum Gasteiger partial charge on any atom is -0.370 e. The fourth-order valence-electron chi connectivity index (χ4n) is 2.56. The van der Waals surface area contributed by atoms with Gasteiger partial charge in [-0.2, -0.15) is 18.3 Å². The highest BCUT2D eigenvalue weighted by Gasteiger charge is 2.47. The van der Waals surface area contributed by atoms with Crippen molar-refractivity contribution < 1.29 is 18.0 Å². The number of nitrogens with zero attached hydrogens (tertiary/aromatic N) is 3. The monoisotopic (exact) mass is 401 g/mol. The summed E-state index contributed by atoms with van der Waals surface area (Å²) in [7, 11) is 0. The molecular formula is C14H11BrF3N5O. The van der Waals surface area contributed by atoms with Crippen LogP contribution in [-0.2, 0) is 16.9 Å². The Morgan fingerprint density at radius 3 is 2.67 bits per heavy atom. The summed E-state index contributed by atoms with van der Waals surface area (Å²) in [6.07, 6.45) is -2.09. The number of hydrogen-bond donors (Lipinski definition) is 2. The van der Waals surface area contributed by atoms with Gasteiger partial charge in [0.2, 0.25) is 0 Å². The maximum Gasteiger partial charge on any atom is 0.408 e.